The lowest BCUT2D eigenvalue weighted by Gasteiger charge is -2.03. The van der Waals surface area contributed by atoms with Crippen molar-refractivity contribution in [2.45, 2.75) is 6.92 Å². The van der Waals surface area contributed by atoms with E-state index in [-0.39, 0.29) is 6.61 Å². The first-order valence-electron chi connectivity index (χ1n) is 4.38. The molecule has 0 N–H and O–H groups in total. The maximum atomic E-state index is 12.7. The van der Waals surface area contributed by atoms with Gasteiger partial charge in [0.05, 0.1) is 6.61 Å². The van der Waals surface area contributed by atoms with Crippen LogP contribution in [0, 0.1) is 11.6 Å². The van der Waals surface area contributed by atoms with E-state index >= 15 is 0 Å². The standard InChI is InChI=1S/C10H8F2O4/c1-2-15-9(13)10(14)16-8-4-6(11)3-7(12)5-8/h3-5H,2H2,1H3. The molecule has 1 aromatic carbocycles. The van der Waals surface area contributed by atoms with Crippen LogP contribution < -0.4 is 4.74 Å². The molecule has 0 fully saturated rings. The summed E-state index contributed by atoms with van der Waals surface area (Å²) in [4.78, 5) is 21.8. The van der Waals surface area contributed by atoms with Gasteiger partial charge in [0.1, 0.15) is 17.4 Å². The second kappa shape index (κ2) is 5.20. The molecule has 0 amide bonds. The van der Waals surface area contributed by atoms with E-state index in [1.165, 1.54) is 6.92 Å². The summed E-state index contributed by atoms with van der Waals surface area (Å²) in [7, 11) is 0. The van der Waals surface area contributed by atoms with Crippen LogP contribution in [0.3, 0.4) is 0 Å². The van der Waals surface area contributed by atoms with Crippen LogP contribution in [0.25, 0.3) is 0 Å². The molecule has 0 aliphatic heterocycles. The van der Waals surface area contributed by atoms with Gasteiger partial charge in [-0.3, -0.25) is 0 Å². The van der Waals surface area contributed by atoms with Crippen LogP contribution in [0.15, 0.2) is 18.2 Å². The van der Waals surface area contributed by atoms with E-state index in [4.69, 9.17) is 0 Å². The normalized spacial score (nSPS) is 9.69. The van der Waals surface area contributed by atoms with Gasteiger partial charge in [0.2, 0.25) is 0 Å². The number of rotatable bonds is 2. The van der Waals surface area contributed by atoms with Crippen molar-refractivity contribution in [3.8, 4) is 5.75 Å². The molecule has 0 atom stereocenters. The lowest BCUT2D eigenvalue weighted by Crippen LogP contribution is -2.22. The molecule has 4 nitrogen and oxygen atoms in total. The number of halogens is 2. The maximum absolute atomic E-state index is 12.7. The third-order valence-electron chi connectivity index (χ3n) is 1.49. The Morgan fingerprint density at radius 2 is 1.69 bits per heavy atom. The van der Waals surface area contributed by atoms with Gasteiger partial charge in [0.15, 0.2) is 0 Å². The molecular formula is C10H8F2O4. The van der Waals surface area contributed by atoms with Gasteiger partial charge >= 0.3 is 11.9 Å². The Hall–Kier alpha value is -1.98. The summed E-state index contributed by atoms with van der Waals surface area (Å²) >= 11 is 0. The fraction of sp³-hybridized carbons (Fsp3) is 0.200. The van der Waals surface area contributed by atoms with Crippen LogP contribution in [0.1, 0.15) is 6.92 Å². The lowest BCUT2D eigenvalue weighted by molar-refractivity contribution is -0.161. The number of carbonyl (C=O) groups excluding carboxylic acids is 2. The second-order valence-corrected chi connectivity index (χ2v) is 2.72. The number of benzene rings is 1. The molecule has 0 heterocycles. The van der Waals surface area contributed by atoms with Gasteiger partial charge in [-0.2, -0.15) is 0 Å². The number of hydrogen-bond acceptors (Lipinski definition) is 4. The Labute approximate surface area is 89.8 Å². The SMILES string of the molecule is CCOC(=O)C(=O)Oc1cc(F)cc(F)c1. The van der Waals surface area contributed by atoms with Crippen LogP contribution in [0.2, 0.25) is 0 Å². The summed E-state index contributed by atoms with van der Waals surface area (Å²) in [6.07, 6.45) is 0. The highest BCUT2D eigenvalue weighted by molar-refractivity contribution is 6.30. The summed E-state index contributed by atoms with van der Waals surface area (Å²) in [6, 6.07) is 2.17. The highest BCUT2D eigenvalue weighted by Crippen LogP contribution is 2.15. The Morgan fingerprint density at radius 1 is 1.12 bits per heavy atom. The molecule has 1 rings (SSSR count). The molecule has 1 aromatic rings. The third-order valence-corrected chi connectivity index (χ3v) is 1.49. The van der Waals surface area contributed by atoms with E-state index in [1.807, 2.05) is 0 Å². The maximum Gasteiger partial charge on any atom is 0.422 e. The number of esters is 2. The summed E-state index contributed by atoms with van der Waals surface area (Å²) < 4.78 is 34.1. The molecule has 0 radical (unpaired) electrons. The Bertz CT molecular complexity index is 397. The molecule has 16 heavy (non-hydrogen) atoms. The summed E-state index contributed by atoms with van der Waals surface area (Å²) in [5.41, 5.74) is 0. The van der Waals surface area contributed by atoms with Gasteiger partial charge in [-0.1, -0.05) is 0 Å². The predicted octanol–water partition coefficient (Wildman–Crippen LogP) is 1.43. The average Bonchev–Trinajstić information content (AvgIpc) is 2.16. The zero-order chi connectivity index (χ0) is 12.1. The Morgan fingerprint density at radius 3 is 2.19 bits per heavy atom. The minimum atomic E-state index is -1.33. The third kappa shape index (κ3) is 3.30. The monoisotopic (exact) mass is 230 g/mol. The van der Waals surface area contributed by atoms with E-state index in [0.717, 1.165) is 12.1 Å². The summed E-state index contributed by atoms with van der Waals surface area (Å²) in [5.74, 6) is -4.76. The summed E-state index contributed by atoms with van der Waals surface area (Å²) in [5, 5.41) is 0. The Balaban J connectivity index is 2.73. The molecule has 0 saturated carbocycles. The van der Waals surface area contributed by atoms with Gasteiger partial charge < -0.3 is 9.47 Å². The van der Waals surface area contributed by atoms with Crippen LogP contribution >= 0.6 is 0 Å². The van der Waals surface area contributed by atoms with Crippen LogP contribution in [0.4, 0.5) is 8.78 Å². The highest BCUT2D eigenvalue weighted by Gasteiger charge is 2.18. The number of hydrogen-bond donors (Lipinski definition) is 0. The molecule has 0 aliphatic carbocycles. The highest BCUT2D eigenvalue weighted by atomic mass is 19.1. The topological polar surface area (TPSA) is 52.6 Å². The molecule has 0 unspecified atom stereocenters. The molecule has 0 aromatic heterocycles. The van der Waals surface area contributed by atoms with E-state index < -0.39 is 29.3 Å². The smallest absolute Gasteiger partial charge is 0.422 e. The second-order valence-electron chi connectivity index (χ2n) is 2.72. The molecule has 0 spiro atoms. The van der Waals surface area contributed by atoms with Crippen molar-refractivity contribution in [1.82, 2.24) is 0 Å². The first kappa shape index (κ1) is 12.1. The van der Waals surface area contributed by atoms with Crippen molar-refractivity contribution >= 4 is 11.9 Å². The zero-order valence-corrected chi connectivity index (χ0v) is 8.33. The van der Waals surface area contributed by atoms with E-state index in [9.17, 15) is 18.4 Å². The van der Waals surface area contributed by atoms with Gasteiger partial charge in [-0.15, -0.1) is 0 Å². The van der Waals surface area contributed by atoms with Gasteiger partial charge in [0, 0.05) is 18.2 Å². The Kier molecular flexibility index (Phi) is 3.93. The molecule has 0 bridgehead atoms. The zero-order valence-electron chi connectivity index (χ0n) is 8.33. The fourth-order valence-corrected chi connectivity index (χ4v) is 0.926. The average molecular weight is 230 g/mol. The molecule has 0 aliphatic rings. The molecule has 6 heteroatoms. The minimum Gasteiger partial charge on any atom is -0.458 e. The summed E-state index contributed by atoms with van der Waals surface area (Å²) in [6.45, 7) is 1.51. The van der Waals surface area contributed by atoms with Gasteiger partial charge in [0.25, 0.3) is 0 Å². The van der Waals surface area contributed by atoms with Crippen LogP contribution in [-0.4, -0.2) is 18.5 Å². The first-order chi connectivity index (χ1) is 7.52. The lowest BCUT2D eigenvalue weighted by atomic mass is 10.3. The van der Waals surface area contributed by atoms with E-state index in [0.29, 0.717) is 6.07 Å². The fourth-order valence-electron chi connectivity index (χ4n) is 0.926. The van der Waals surface area contributed by atoms with Crippen molar-refractivity contribution in [3.05, 3.63) is 29.8 Å². The number of ether oxygens (including phenoxy) is 2. The van der Waals surface area contributed by atoms with Crippen LogP contribution in [-0.2, 0) is 14.3 Å². The van der Waals surface area contributed by atoms with Crippen molar-refractivity contribution in [2.75, 3.05) is 6.61 Å². The van der Waals surface area contributed by atoms with Crippen LogP contribution in [0.5, 0.6) is 5.75 Å². The van der Waals surface area contributed by atoms with Crippen molar-refractivity contribution in [3.63, 3.8) is 0 Å². The van der Waals surface area contributed by atoms with E-state index in [2.05, 4.69) is 9.47 Å². The number of carbonyl (C=O) groups is 2. The van der Waals surface area contributed by atoms with Crippen molar-refractivity contribution < 1.29 is 27.8 Å². The predicted molar refractivity (Wildman–Crippen MR) is 48.6 cm³/mol. The van der Waals surface area contributed by atoms with E-state index in [1.54, 1.807) is 0 Å². The minimum absolute atomic E-state index is 0.00540. The molecule has 86 valence electrons. The quantitative estimate of drug-likeness (QED) is 0.438. The van der Waals surface area contributed by atoms with Gasteiger partial charge in [-0.05, 0) is 6.92 Å². The van der Waals surface area contributed by atoms with Crippen molar-refractivity contribution in [2.24, 2.45) is 0 Å². The van der Waals surface area contributed by atoms with Gasteiger partial charge in [-0.25, -0.2) is 18.4 Å². The van der Waals surface area contributed by atoms with Crippen molar-refractivity contribution in [1.29, 1.82) is 0 Å². The molecular weight excluding hydrogens is 222 g/mol. The largest absolute Gasteiger partial charge is 0.458 e. The molecule has 0 saturated heterocycles. The first-order valence-corrected chi connectivity index (χ1v) is 4.38.